The first-order valence-corrected chi connectivity index (χ1v) is 10.7. The number of anilines is 2. The zero-order valence-electron chi connectivity index (χ0n) is 18.5. The number of nitrogens with one attached hydrogen (secondary N) is 2. The number of carbonyl (C=O) groups excluding carboxylic acids is 2. The van der Waals surface area contributed by atoms with Crippen molar-refractivity contribution in [1.82, 2.24) is 15.5 Å². The van der Waals surface area contributed by atoms with E-state index < -0.39 is 0 Å². The van der Waals surface area contributed by atoms with Gasteiger partial charge < -0.3 is 20.1 Å². The molecule has 0 bridgehead atoms. The van der Waals surface area contributed by atoms with Crippen LogP contribution in [0.25, 0.3) is 11.4 Å². The van der Waals surface area contributed by atoms with Crippen LogP contribution in [0.15, 0.2) is 53.1 Å². The van der Waals surface area contributed by atoms with Crippen LogP contribution in [0.2, 0.25) is 0 Å². The molecule has 8 nitrogen and oxygen atoms in total. The highest BCUT2D eigenvalue weighted by Crippen LogP contribution is 2.32. The fraction of sp³-hybridized carbons (Fsp3) is 0.333. The van der Waals surface area contributed by atoms with Gasteiger partial charge in [-0.05, 0) is 37.1 Å². The summed E-state index contributed by atoms with van der Waals surface area (Å²) in [7, 11) is 0. The molecule has 2 heterocycles. The normalized spacial score (nSPS) is 15.9. The largest absolute Gasteiger partial charge is 0.339 e. The minimum Gasteiger partial charge on any atom is -0.339 e. The van der Waals surface area contributed by atoms with Crippen molar-refractivity contribution in [2.75, 3.05) is 23.3 Å². The molecule has 1 saturated heterocycles. The quantitative estimate of drug-likeness (QED) is 0.602. The molecule has 2 N–H and O–H groups in total. The number of amides is 3. The van der Waals surface area contributed by atoms with Gasteiger partial charge in [-0.25, -0.2) is 4.79 Å². The predicted molar refractivity (Wildman–Crippen MR) is 122 cm³/mol. The molecule has 3 aromatic rings. The summed E-state index contributed by atoms with van der Waals surface area (Å²) in [5, 5.41) is 9.74. The van der Waals surface area contributed by atoms with E-state index in [-0.39, 0.29) is 17.9 Å². The van der Waals surface area contributed by atoms with Crippen LogP contribution in [0.1, 0.15) is 37.6 Å². The van der Waals surface area contributed by atoms with E-state index >= 15 is 0 Å². The Morgan fingerprint density at radius 3 is 2.75 bits per heavy atom. The van der Waals surface area contributed by atoms with Crippen molar-refractivity contribution in [2.45, 2.75) is 33.1 Å². The lowest BCUT2D eigenvalue weighted by Gasteiger charge is -2.16. The number of benzene rings is 2. The molecule has 0 unspecified atom stereocenters. The molecule has 2 aromatic carbocycles. The molecule has 4 rings (SSSR count). The Balaban J connectivity index is 1.44. The number of urea groups is 1. The summed E-state index contributed by atoms with van der Waals surface area (Å²) in [6.45, 7) is 7.18. The minimum atomic E-state index is -0.259. The lowest BCUT2D eigenvalue weighted by Crippen LogP contribution is -2.31. The highest BCUT2D eigenvalue weighted by Gasteiger charge is 2.35. The molecule has 1 fully saturated rings. The molecule has 0 spiro atoms. The molecule has 32 heavy (non-hydrogen) atoms. The summed E-state index contributed by atoms with van der Waals surface area (Å²) in [6.07, 6.45) is 0.327. The van der Waals surface area contributed by atoms with Gasteiger partial charge in [-0.1, -0.05) is 48.8 Å². The predicted octanol–water partition coefficient (Wildman–Crippen LogP) is 4.34. The molecule has 8 heteroatoms. The van der Waals surface area contributed by atoms with Crippen molar-refractivity contribution in [3.63, 3.8) is 0 Å². The standard InChI is InChI=1S/C24H27N5O3/c1-15(2)13-25-24(31)26-19-6-4-5-17(11-19)22-27-23(32-28-22)18-12-21(30)29(14-18)20-9-7-16(3)8-10-20/h4-11,15,18H,12-14H2,1-3H3,(H2,25,26,31)/t18-/m1/s1. The van der Waals surface area contributed by atoms with Crippen molar-refractivity contribution in [3.8, 4) is 11.4 Å². The maximum atomic E-state index is 12.6. The fourth-order valence-electron chi connectivity index (χ4n) is 3.57. The lowest BCUT2D eigenvalue weighted by molar-refractivity contribution is -0.117. The molecule has 166 valence electrons. The van der Waals surface area contributed by atoms with Gasteiger partial charge in [-0.3, -0.25) is 4.79 Å². The Bertz CT molecular complexity index is 1110. The third-order valence-electron chi connectivity index (χ3n) is 5.31. The topological polar surface area (TPSA) is 100 Å². The van der Waals surface area contributed by atoms with Gasteiger partial charge >= 0.3 is 6.03 Å². The first-order valence-electron chi connectivity index (χ1n) is 10.7. The third kappa shape index (κ3) is 4.96. The van der Waals surface area contributed by atoms with Gasteiger partial charge in [0.15, 0.2) is 0 Å². The zero-order chi connectivity index (χ0) is 22.7. The highest BCUT2D eigenvalue weighted by atomic mass is 16.5. The number of hydrogen-bond donors (Lipinski definition) is 2. The Kier molecular flexibility index (Phi) is 6.20. The molecular formula is C24H27N5O3. The van der Waals surface area contributed by atoms with Crippen LogP contribution >= 0.6 is 0 Å². The Labute approximate surface area is 187 Å². The summed E-state index contributed by atoms with van der Waals surface area (Å²) in [4.78, 5) is 30.9. The first kappa shape index (κ1) is 21.5. The Morgan fingerprint density at radius 2 is 2.00 bits per heavy atom. The van der Waals surface area contributed by atoms with E-state index in [0.717, 1.165) is 16.8 Å². The van der Waals surface area contributed by atoms with Crippen molar-refractivity contribution < 1.29 is 14.1 Å². The van der Waals surface area contributed by atoms with Gasteiger partial charge in [0.05, 0.1) is 5.92 Å². The van der Waals surface area contributed by atoms with Crippen molar-refractivity contribution >= 4 is 23.3 Å². The number of aromatic nitrogens is 2. The van der Waals surface area contributed by atoms with Gasteiger partial charge in [0.1, 0.15) is 0 Å². The van der Waals surface area contributed by atoms with Crippen molar-refractivity contribution in [1.29, 1.82) is 0 Å². The summed E-state index contributed by atoms with van der Waals surface area (Å²) in [5.41, 5.74) is 3.38. The second kappa shape index (κ2) is 9.21. The number of rotatable bonds is 6. The van der Waals surface area contributed by atoms with Gasteiger partial charge in [0, 0.05) is 36.4 Å². The van der Waals surface area contributed by atoms with Crippen LogP contribution in [0.5, 0.6) is 0 Å². The molecule has 0 radical (unpaired) electrons. The smallest absolute Gasteiger partial charge is 0.319 e. The van der Waals surface area contributed by atoms with E-state index in [2.05, 4.69) is 20.8 Å². The number of aryl methyl sites for hydroxylation is 1. The molecule has 0 saturated carbocycles. The fourth-order valence-corrected chi connectivity index (χ4v) is 3.57. The van der Waals surface area contributed by atoms with E-state index in [1.165, 1.54) is 0 Å². The van der Waals surface area contributed by atoms with Crippen LogP contribution in [-0.4, -0.2) is 35.2 Å². The maximum Gasteiger partial charge on any atom is 0.319 e. The van der Waals surface area contributed by atoms with Gasteiger partial charge in [0.2, 0.25) is 17.6 Å². The van der Waals surface area contributed by atoms with E-state index in [9.17, 15) is 9.59 Å². The van der Waals surface area contributed by atoms with Gasteiger partial charge in [-0.2, -0.15) is 4.98 Å². The Hall–Kier alpha value is -3.68. The molecule has 3 amide bonds. The van der Waals surface area contributed by atoms with Crippen LogP contribution in [-0.2, 0) is 4.79 Å². The monoisotopic (exact) mass is 433 g/mol. The van der Waals surface area contributed by atoms with E-state index in [1.54, 1.807) is 17.0 Å². The molecule has 1 atom stereocenters. The lowest BCUT2D eigenvalue weighted by atomic mass is 10.1. The summed E-state index contributed by atoms with van der Waals surface area (Å²) in [6, 6.07) is 14.9. The van der Waals surface area contributed by atoms with Crippen molar-refractivity contribution in [2.24, 2.45) is 5.92 Å². The van der Waals surface area contributed by atoms with E-state index in [1.807, 2.05) is 57.2 Å². The zero-order valence-corrected chi connectivity index (χ0v) is 18.5. The highest BCUT2D eigenvalue weighted by molar-refractivity contribution is 5.96. The minimum absolute atomic E-state index is 0.0391. The molecular weight excluding hydrogens is 406 g/mol. The van der Waals surface area contributed by atoms with Crippen LogP contribution < -0.4 is 15.5 Å². The summed E-state index contributed by atoms with van der Waals surface area (Å²) in [5.74, 6) is 1.11. The first-order chi connectivity index (χ1) is 15.4. The maximum absolute atomic E-state index is 12.6. The van der Waals surface area contributed by atoms with E-state index in [4.69, 9.17) is 4.52 Å². The number of carbonyl (C=O) groups is 2. The van der Waals surface area contributed by atoms with Crippen LogP contribution in [0.4, 0.5) is 16.2 Å². The molecule has 1 aliphatic rings. The summed E-state index contributed by atoms with van der Waals surface area (Å²) < 4.78 is 5.50. The second-order valence-electron chi connectivity index (χ2n) is 8.51. The second-order valence-corrected chi connectivity index (χ2v) is 8.51. The van der Waals surface area contributed by atoms with Crippen molar-refractivity contribution in [3.05, 3.63) is 60.0 Å². The molecule has 0 aliphatic carbocycles. The van der Waals surface area contributed by atoms with Gasteiger partial charge in [0.25, 0.3) is 0 Å². The van der Waals surface area contributed by atoms with Gasteiger partial charge in [-0.15, -0.1) is 0 Å². The molecule has 1 aromatic heterocycles. The average molecular weight is 434 g/mol. The third-order valence-corrected chi connectivity index (χ3v) is 5.31. The number of hydrogen-bond acceptors (Lipinski definition) is 5. The van der Waals surface area contributed by atoms with Crippen LogP contribution in [0, 0.1) is 12.8 Å². The van der Waals surface area contributed by atoms with Crippen LogP contribution in [0.3, 0.4) is 0 Å². The number of nitrogens with zero attached hydrogens (tertiary/aromatic N) is 3. The Morgan fingerprint density at radius 1 is 1.22 bits per heavy atom. The SMILES string of the molecule is Cc1ccc(N2C[C@H](c3nc(-c4cccc(NC(=O)NCC(C)C)c4)no3)CC2=O)cc1. The summed E-state index contributed by atoms with van der Waals surface area (Å²) >= 11 is 0. The average Bonchev–Trinajstić information content (AvgIpc) is 3.40. The molecule has 1 aliphatic heterocycles. The van der Waals surface area contributed by atoms with E-state index in [0.29, 0.717) is 42.8 Å².